The molecule has 5 atom stereocenters. The van der Waals surface area contributed by atoms with E-state index in [9.17, 15) is 14.7 Å². The van der Waals surface area contributed by atoms with Gasteiger partial charge in [-0.2, -0.15) is 0 Å². The van der Waals surface area contributed by atoms with Crippen LogP contribution in [0.5, 0.6) is 0 Å². The molecule has 10 heteroatoms. The summed E-state index contributed by atoms with van der Waals surface area (Å²) in [7, 11) is 0. The van der Waals surface area contributed by atoms with Gasteiger partial charge in [0, 0.05) is 29.9 Å². The number of ether oxygens (including phenoxy) is 2. The van der Waals surface area contributed by atoms with Crippen LogP contribution in [-0.4, -0.2) is 77.6 Å². The summed E-state index contributed by atoms with van der Waals surface area (Å²) in [5.74, 6) is 0.508. The van der Waals surface area contributed by atoms with Crippen LogP contribution >= 0.6 is 0 Å². The van der Waals surface area contributed by atoms with Gasteiger partial charge in [0.25, 0.3) is 0 Å². The van der Waals surface area contributed by atoms with Crippen LogP contribution in [0.1, 0.15) is 31.2 Å². The van der Waals surface area contributed by atoms with Gasteiger partial charge < -0.3 is 29.7 Å². The molecule has 194 valence electrons. The Balaban J connectivity index is 1.24. The van der Waals surface area contributed by atoms with Crippen molar-refractivity contribution in [1.29, 1.82) is 0 Å². The quantitative estimate of drug-likeness (QED) is 0.641. The van der Waals surface area contributed by atoms with Crippen molar-refractivity contribution < 1.29 is 24.2 Å². The number of fused-ring (bicyclic) bond motifs is 7. The van der Waals surface area contributed by atoms with Gasteiger partial charge in [-0.05, 0) is 49.9 Å². The molecular weight excluding hydrogens is 474 g/mol. The van der Waals surface area contributed by atoms with Gasteiger partial charge in [0.2, 0.25) is 5.91 Å². The topological polar surface area (TPSA) is 107 Å². The molecule has 0 spiro atoms. The molecule has 0 radical (unpaired) electrons. The zero-order valence-corrected chi connectivity index (χ0v) is 20.6. The van der Waals surface area contributed by atoms with Crippen molar-refractivity contribution in [2.45, 2.75) is 56.5 Å². The van der Waals surface area contributed by atoms with E-state index >= 15 is 0 Å². The largest absolute Gasteiger partial charge is 0.465 e. The van der Waals surface area contributed by atoms with Crippen LogP contribution in [0, 0.1) is 5.92 Å². The molecule has 37 heavy (non-hydrogen) atoms. The van der Waals surface area contributed by atoms with Gasteiger partial charge in [-0.15, -0.1) is 0 Å². The Bertz CT molecular complexity index is 1220. The van der Waals surface area contributed by atoms with Crippen molar-refractivity contribution in [2.24, 2.45) is 5.92 Å². The number of nitrogens with one attached hydrogen (secondary N) is 1. The molecule has 8 rings (SSSR count). The average Bonchev–Trinajstić information content (AvgIpc) is 3.09. The number of morpholine rings is 2. The second-order valence-electron chi connectivity index (χ2n) is 10.8. The number of nitrogens with zero attached hydrogens (tertiary/aromatic N) is 4. The van der Waals surface area contributed by atoms with Crippen LogP contribution < -0.4 is 15.1 Å². The van der Waals surface area contributed by atoms with E-state index in [1.807, 2.05) is 23.1 Å². The Kier molecular flexibility index (Phi) is 5.47. The maximum atomic E-state index is 14.2. The van der Waals surface area contributed by atoms with Crippen molar-refractivity contribution in [3.8, 4) is 0 Å². The predicted molar refractivity (Wildman–Crippen MR) is 136 cm³/mol. The summed E-state index contributed by atoms with van der Waals surface area (Å²) in [6.07, 6.45) is 4.23. The Morgan fingerprint density at radius 1 is 1.05 bits per heavy atom. The molecule has 1 aromatic heterocycles. The lowest BCUT2D eigenvalue weighted by molar-refractivity contribution is -0.130. The lowest BCUT2D eigenvalue weighted by atomic mass is 9.84. The molecule has 2 aromatic rings. The van der Waals surface area contributed by atoms with E-state index in [0.717, 1.165) is 54.4 Å². The second kappa shape index (κ2) is 8.88. The van der Waals surface area contributed by atoms with E-state index in [0.29, 0.717) is 38.6 Å². The van der Waals surface area contributed by atoms with Crippen molar-refractivity contribution in [2.75, 3.05) is 41.5 Å². The lowest BCUT2D eigenvalue weighted by Gasteiger charge is -2.47. The first kappa shape index (κ1) is 22.8. The minimum absolute atomic E-state index is 0.0299. The van der Waals surface area contributed by atoms with Gasteiger partial charge >= 0.3 is 6.09 Å². The monoisotopic (exact) mass is 505 g/mol. The maximum absolute atomic E-state index is 14.2. The smallest absolute Gasteiger partial charge is 0.407 e. The second-order valence-corrected chi connectivity index (χ2v) is 10.8. The summed E-state index contributed by atoms with van der Waals surface area (Å²) in [5.41, 5.74) is 3.73. The van der Waals surface area contributed by atoms with Gasteiger partial charge in [0.15, 0.2) is 0 Å². The highest BCUT2D eigenvalue weighted by atomic mass is 16.5. The van der Waals surface area contributed by atoms with Gasteiger partial charge in [0.1, 0.15) is 5.82 Å². The van der Waals surface area contributed by atoms with Crippen molar-refractivity contribution >= 4 is 34.9 Å². The Morgan fingerprint density at radius 2 is 1.89 bits per heavy atom. The first-order valence-corrected chi connectivity index (χ1v) is 13.2. The van der Waals surface area contributed by atoms with Crippen LogP contribution in [0.2, 0.25) is 0 Å². The third-order valence-corrected chi connectivity index (χ3v) is 8.62. The fraction of sp³-hybridized carbons (Fsp3) is 0.519. The van der Waals surface area contributed by atoms with E-state index in [1.54, 1.807) is 6.20 Å². The molecule has 6 aliphatic rings. The van der Waals surface area contributed by atoms with E-state index in [2.05, 4.69) is 27.3 Å². The normalized spacial score (nSPS) is 30.2. The molecule has 2 amide bonds. The molecule has 5 saturated heterocycles. The highest BCUT2D eigenvalue weighted by Crippen LogP contribution is 2.42. The van der Waals surface area contributed by atoms with Gasteiger partial charge in [-0.1, -0.05) is 6.07 Å². The third kappa shape index (κ3) is 3.90. The summed E-state index contributed by atoms with van der Waals surface area (Å²) < 4.78 is 11.6. The zero-order valence-electron chi connectivity index (χ0n) is 20.6. The maximum Gasteiger partial charge on any atom is 0.407 e. The Hall–Kier alpha value is -3.37. The van der Waals surface area contributed by atoms with Crippen molar-refractivity contribution in [3.05, 3.63) is 42.1 Å². The minimum atomic E-state index is -0.932. The summed E-state index contributed by atoms with van der Waals surface area (Å²) in [5, 5.41) is 13.2. The number of carbonyl (C=O) groups is 2. The molecule has 5 fully saturated rings. The molecule has 0 aliphatic carbocycles. The molecule has 7 heterocycles. The number of aromatic nitrogens is 1. The number of rotatable bonds is 2. The fourth-order valence-electron chi connectivity index (χ4n) is 6.80. The summed E-state index contributed by atoms with van der Waals surface area (Å²) >= 11 is 0. The average molecular weight is 506 g/mol. The van der Waals surface area contributed by atoms with E-state index < -0.39 is 6.09 Å². The number of pyridine rings is 1. The molecule has 3 unspecified atom stereocenters. The zero-order chi connectivity index (χ0) is 25.1. The predicted octanol–water partition coefficient (Wildman–Crippen LogP) is 3.20. The number of benzene rings is 1. The summed E-state index contributed by atoms with van der Waals surface area (Å²) in [6.45, 7) is 2.68. The molecule has 2 N–H and O–H groups in total. The first-order valence-electron chi connectivity index (χ1n) is 13.2. The van der Waals surface area contributed by atoms with E-state index in [-0.39, 0.29) is 30.0 Å². The summed E-state index contributed by atoms with van der Waals surface area (Å²) in [6, 6.07) is 9.94. The highest BCUT2D eigenvalue weighted by molar-refractivity contribution is 6.00. The van der Waals surface area contributed by atoms with Crippen LogP contribution in [0.4, 0.5) is 27.7 Å². The number of amides is 2. The number of carbonyl (C=O) groups excluding carboxylic acids is 1. The number of carboxylic acid groups (broad SMARTS) is 1. The SMILES string of the molecule is O=C(C1C[C@H]2COC[C@@H](C1)N2C(=O)O)N1Cc2cccnc2Nc2ccc(N3CC4CCC3CO4)cc21. The number of hydrogen-bond donors (Lipinski definition) is 2. The van der Waals surface area contributed by atoms with Crippen molar-refractivity contribution in [3.63, 3.8) is 0 Å². The highest BCUT2D eigenvalue weighted by Gasteiger charge is 2.45. The molecule has 4 bridgehead atoms. The number of anilines is 4. The minimum Gasteiger partial charge on any atom is -0.465 e. The number of hydrogen-bond acceptors (Lipinski definition) is 7. The molecular formula is C27H31N5O5. The molecule has 0 saturated carbocycles. The van der Waals surface area contributed by atoms with Crippen LogP contribution in [0.15, 0.2) is 36.5 Å². The Morgan fingerprint density at radius 3 is 2.59 bits per heavy atom. The molecule has 6 aliphatic heterocycles. The standard InChI is InChI=1S/C27H31N5O5/c33-26(17-8-20-13-36-14-21(9-17)32(20)27(34)35)31-11-16-2-1-7-28-25(16)29-23-6-4-18(10-24(23)31)30-12-22-5-3-19(30)15-37-22/h1-2,4,6-7,10,17,19-22H,3,5,8-9,11-15H2,(H,28,29)(H,34,35)/t17?,19?,20-,21+,22?. The van der Waals surface area contributed by atoms with E-state index in [4.69, 9.17) is 9.47 Å². The van der Waals surface area contributed by atoms with Gasteiger partial charge in [-0.25, -0.2) is 9.78 Å². The summed E-state index contributed by atoms with van der Waals surface area (Å²) in [4.78, 5) is 36.5. The molecule has 10 nitrogen and oxygen atoms in total. The fourth-order valence-corrected chi connectivity index (χ4v) is 6.80. The van der Waals surface area contributed by atoms with Crippen molar-refractivity contribution in [1.82, 2.24) is 9.88 Å². The number of piperidine rings is 2. The van der Waals surface area contributed by atoms with E-state index in [1.165, 1.54) is 4.90 Å². The third-order valence-electron chi connectivity index (χ3n) is 8.62. The lowest BCUT2D eigenvalue weighted by Crippen LogP contribution is -2.60. The molecule has 1 aromatic carbocycles. The van der Waals surface area contributed by atoms with Crippen LogP contribution in [0.3, 0.4) is 0 Å². The Labute approximate surface area is 215 Å². The first-order chi connectivity index (χ1) is 18.0. The van der Waals surface area contributed by atoms with Gasteiger partial charge in [0.05, 0.1) is 62.0 Å². The van der Waals surface area contributed by atoms with Crippen LogP contribution in [-0.2, 0) is 20.8 Å². The van der Waals surface area contributed by atoms with Crippen LogP contribution in [0.25, 0.3) is 0 Å². The van der Waals surface area contributed by atoms with Gasteiger partial charge in [-0.3, -0.25) is 9.69 Å².